The Hall–Kier alpha value is -0.660. The van der Waals surface area contributed by atoms with E-state index < -0.39 is 5.41 Å². The maximum Gasteiger partial charge on any atom is 0.149 e. The van der Waals surface area contributed by atoms with Crippen LogP contribution < -0.4 is 0 Å². The quantitative estimate of drug-likeness (QED) is 0.497. The summed E-state index contributed by atoms with van der Waals surface area (Å²) in [6, 6.07) is 0. The number of hydrogen-bond acceptors (Lipinski definition) is 2. The van der Waals surface area contributed by atoms with Gasteiger partial charge in [0.2, 0.25) is 0 Å². The van der Waals surface area contributed by atoms with E-state index in [1.807, 2.05) is 0 Å². The van der Waals surface area contributed by atoms with Crippen molar-refractivity contribution in [1.82, 2.24) is 0 Å². The topological polar surface area (TPSA) is 34.1 Å². The van der Waals surface area contributed by atoms with Gasteiger partial charge in [-0.1, -0.05) is 53.4 Å². The maximum absolute atomic E-state index is 12.9. The minimum atomic E-state index is -0.696. The fraction of sp³-hybridized carbons (Fsp3) is 0.882. The van der Waals surface area contributed by atoms with E-state index in [1.165, 1.54) is 0 Å². The van der Waals surface area contributed by atoms with Gasteiger partial charge in [-0.15, -0.1) is 0 Å². The standard InChI is InChI=1S/C17H32O2/c1-6-10-15(11-7-2)16(19)17(12-8-3,13-9-4)14(5)18/h15H,6-13H2,1-5H3. The summed E-state index contributed by atoms with van der Waals surface area (Å²) >= 11 is 0. The van der Waals surface area contributed by atoms with Gasteiger partial charge in [-0.25, -0.2) is 0 Å². The number of ketones is 2. The summed E-state index contributed by atoms with van der Waals surface area (Å²) < 4.78 is 0. The summed E-state index contributed by atoms with van der Waals surface area (Å²) in [5, 5.41) is 0. The SMILES string of the molecule is CCCC(CCC)C(=O)C(CCC)(CCC)C(C)=O. The molecule has 0 aliphatic rings. The molecule has 19 heavy (non-hydrogen) atoms. The van der Waals surface area contributed by atoms with Crippen LogP contribution in [0.15, 0.2) is 0 Å². The van der Waals surface area contributed by atoms with Gasteiger partial charge in [-0.3, -0.25) is 9.59 Å². The lowest BCUT2D eigenvalue weighted by Gasteiger charge is -2.33. The van der Waals surface area contributed by atoms with Crippen molar-refractivity contribution < 1.29 is 9.59 Å². The zero-order valence-corrected chi connectivity index (χ0v) is 13.6. The van der Waals surface area contributed by atoms with E-state index in [-0.39, 0.29) is 17.5 Å². The Kier molecular flexibility index (Phi) is 8.95. The molecule has 0 aromatic carbocycles. The van der Waals surface area contributed by atoms with Gasteiger partial charge in [0.25, 0.3) is 0 Å². The number of rotatable bonds is 11. The van der Waals surface area contributed by atoms with Crippen molar-refractivity contribution in [3.8, 4) is 0 Å². The molecule has 2 heteroatoms. The first-order chi connectivity index (χ1) is 8.99. The number of hydrogen-bond donors (Lipinski definition) is 0. The molecule has 0 amide bonds. The Morgan fingerprint density at radius 1 is 0.842 bits per heavy atom. The molecule has 0 aromatic rings. The Labute approximate surface area is 119 Å². The van der Waals surface area contributed by atoms with Crippen molar-refractivity contribution in [2.24, 2.45) is 11.3 Å². The summed E-state index contributed by atoms with van der Waals surface area (Å²) in [6.45, 7) is 9.97. The Balaban J connectivity index is 5.29. The molecular weight excluding hydrogens is 236 g/mol. The van der Waals surface area contributed by atoms with Gasteiger partial charge in [0.1, 0.15) is 11.6 Å². The summed E-state index contributed by atoms with van der Waals surface area (Å²) in [6.07, 6.45) is 7.12. The summed E-state index contributed by atoms with van der Waals surface area (Å²) in [5.41, 5.74) is -0.696. The zero-order chi connectivity index (χ0) is 14.9. The smallest absolute Gasteiger partial charge is 0.149 e. The Bertz CT molecular complexity index is 269. The van der Waals surface area contributed by atoms with E-state index in [2.05, 4.69) is 27.7 Å². The minimum absolute atomic E-state index is 0.0806. The van der Waals surface area contributed by atoms with Crippen LogP contribution in [0.3, 0.4) is 0 Å². The Morgan fingerprint density at radius 2 is 1.26 bits per heavy atom. The molecule has 0 aliphatic carbocycles. The third kappa shape index (κ3) is 4.74. The molecule has 0 saturated carbocycles. The van der Waals surface area contributed by atoms with Gasteiger partial charge in [-0.05, 0) is 32.6 Å². The molecule has 0 unspecified atom stereocenters. The number of Topliss-reactive ketones (excluding diaryl/α,β-unsaturated/α-hetero) is 2. The normalized spacial score (nSPS) is 11.9. The lowest BCUT2D eigenvalue weighted by molar-refractivity contribution is -0.144. The summed E-state index contributed by atoms with van der Waals surface area (Å²) in [5.74, 6) is 0.391. The van der Waals surface area contributed by atoms with E-state index in [9.17, 15) is 9.59 Å². The summed E-state index contributed by atoms with van der Waals surface area (Å²) in [7, 11) is 0. The van der Waals surface area contributed by atoms with Crippen LogP contribution in [-0.2, 0) is 9.59 Å². The van der Waals surface area contributed by atoms with E-state index >= 15 is 0 Å². The third-order valence-electron chi connectivity index (χ3n) is 4.14. The average Bonchev–Trinajstić information content (AvgIpc) is 2.37. The van der Waals surface area contributed by atoms with Gasteiger partial charge >= 0.3 is 0 Å². The lowest BCUT2D eigenvalue weighted by Crippen LogP contribution is -2.42. The van der Waals surface area contributed by atoms with Crippen LogP contribution in [0.5, 0.6) is 0 Å². The number of carbonyl (C=O) groups is 2. The molecule has 2 nitrogen and oxygen atoms in total. The first-order valence-electron chi connectivity index (χ1n) is 8.05. The van der Waals surface area contributed by atoms with E-state index in [0.29, 0.717) is 0 Å². The van der Waals surface area contributed by atoms with Crippen molar-refractivity contribution in [3.63, 3.8) is 0 Å². The van der Waals surface area contributed by atoms with E-state index in [1.54, 1.807) is 6.92 Å². The highest BCUT2D eigenvalue weighted by Crippen LogP contribution is 2.37. The monoisotopic (exact) mass is 268 g/mol. The minimum Gasteiger partial charge on any atom is -0.299 e. The predicted octanol–water partition coefficient (Wildman–Crippen LogP) is 4.95. The van der Waals surface area contributed by atoms with E-state index in [4.69, 9.17) is 0 Å². The molecule has 0 heterocycles. The van der Waals surface area contributed by atoms with Crippen LogP contribution in [0.2, 0.25) is 0 Å². The molecule has 0 saturated heterocycles. The fourth-order valence-corrected chi connectivity index (χ4v) is 3.24. The molecule has 0 rings (SSSR count). The van der Waals surface area contributed by atoms with E-state index in [0.717, 1.165) is 51.4 Å². The van der Waals surface area contributed by atoms with Crippen LogP contribution in [0.4, 0.5) is 0 Å². The molecule has 0 atom stereocenters. The van der Waals surface area contributed by atoms with Crippen LogP contribution in [-0.4, -0.2) is 11.6 Å². The third-order valence-corrected chi connectivity index (χ3v) is 4.14. The molecule has 112 valence electrons. The molecule has 0 aliphatic heterocycles. The summed E-state index contributed by atoms with van der Waals surface area (Å²) in [4.78, 5) is 25.1. The molecule has 0 N–H and O–H groups in total. The first kappa shape index (κ1) is 18.3. The molecule has 0 spiro atoms. The lowest BCUT2D eigenvalue weighted by atomic mass is 9.67. The van der Waals surface area contributed by atoms with Crippen molar-refractivity contribution >= 4 is 11.6 Å². The van der Waals surface area contributed by atoms with Crippen LogP contribution in [0.1, 0.15) is 86.0 Å². The first-order valence-corrected chi connectivity index (χ1v) is 8.05. The van der Waals surface area contributed by atoms with Crippen LogP contribution in [0, 0.1) is 11.3 Å². The van der Waals surface area contributed by atoms with Crippen molar-refractivity contribution in [2.45, 2.75) is 86.0 Å². The van der Waals surface area contributed by atoms with Crippen molar-refractivity contribution in [2.75, 3.05) is 0 Å². The largest absolute Gasteiger partial charge is 0.299 e. The fourth-order valence-electron chi connectivity index (χ4n) is 3.24. The van der Waals surface area contributed by atoms with Crippen LogP contribution >= 0.6 is 0 Å². The van der Waals surface area contributed by atoms with Gasteiger partial charge < -0.3 is 0 Å². The predicted molar refractivity (Wildman–Crippen MR) is 81.2 cm³/mol. The highest BCUT2D eigenvalue weighted by atomic mass is 16.2. The maximum atomic E-state index is 12.9. The van der Waals surface area contributed by atoms with Gasteiger partial charge in [0, 0.05) is 5.92 Å². The number of carbonyl (C=O) groups excluding carboxylic acids is 2. The van der Waals surface area contributed by atoms with Gasteiger partial charge in [0.15, 0.2) is 0 Å². The molecule has 0 aromatic heterocycles. The van der Waals surface area contributed by atoms with Crippen molar-refractivity contribution in [3.05, 3.63) is 0 Å². The van der Waals surface area contributed by atoms with Crippen molar-refractivity contribution in [1.29, 1.82) is 0 Å². The molecular formula is C17H32O2. The molecule has 0 fully saturated rings. The second-order valence-corrected chi connectivity index (χ2v) is 5.78. The van der Waals surface area contributed by atoms with Crippen LogP contribution in [0.25, 0.3) is 0 Å². The second-order valence-electron chi connectivity index (χ2n) is 5.78. The highest BCUT2D eigenvalue weighted by molar-refractivity contribution is 6.06. The second kappa shape index (κ2) is 9.28. The molecule has 0 bridgehead atoms. The molecule has 0 radical (unpaired) electrons. The zero-order valence-electron chi connectivity index (χ0n) is 13.6. The van der Waals surface area contributed by atoms with Gasteiger partial charge in [0.05, 0.1) is 5.41 Å². The Morgan fingerprint density at radius 3 is 1.53 bits per heavy atom. The average molecular weight is 268 g/mol. The highest BCUT2D eigenvalue weighted by Gasteiger charge is 2.43. The van der Waals surface area contributed by atoms with Gasteiger partial charge in [-0.2, -0.15) is 0 Å².